The summed E-state index contributed by atoms with van der Waals surface area (Å²) in [6.45, 7) is 12.6. The third-order valence-electron chi connectivity index (χ3n) is 6.71. The second kappa shape index (κ2) is 12.3. The molecule has 1 aliphatic heterocycles. The van der Waals surface area contributed by atoms with Gasteiger partial charge in [-0.05, 0) is 48.9 Å². The van der Waals surface area contributed by atoms with Gasteiger partial charge in [0.25, 0.3) is 6.67 Å². The number of fused-ring (bicyclic) bond motifs is 3. The summed E-state index contributed by atoms with van der Waals surface area (Å²) in [7, 11) is 0. The summed E-state index contributed by atoms with van der Waals surface area (Å²) in [5.74, 6) is 1.40. The Bertz CT molecular complexity index is 1480. The van der Waals surface area contributed by atoms with E-state index in [4.69, 9.17) is 20.8 Å². The number of aromatic amines is 1. The summed E-state index contributed by atoms with van der Waals surface area (Å²) in [4.78, 5) is 11.1. The van der Waals surface area contributed by atoms with E-state index in [1.165, 1.54) is 0 Å². The van der Waals surface area contributed by atoms with Gasteiger partial charge in [0.1, 0.15) is 31.3 Å². The summed E-state index contributed by atoms with van der Waals surface area (Å²) < 4.78 is 18.4. The number of nitriles is 1. The predicted molar refractivity (Wildman–Crippen MR) is 153 cm³/mol. The Hall–Kier alpha value is -4.66. The quantitative estimate of drug-likeness (QED) is 0.278. The molecular weight excluding hydrogens is 490 g/mol. The average molecular weight is 522 g/mol. The Morgan fingerprint density at radius 1 is 0.897 bits per heavy atom. The number of H-pyrrole nitrogens is 1. The molecule has 4 aromatic rings. The van der Waals surface area contributed by atoms with E-state index in [1.54, 1.807) is 0 Å². The Morgan fingerprint density at radius 2 is 1.62 bits per heavy atom. The van der Waals surface area contributed by atoms with Gasteiger partial charge in [0.2, 0.25) is 0 Å². The molecular formula is C31H31N5O3. The maximum absolute atomic E-state index is 9.42. The topological polar surface area (TPSA) is 78.1 Å². The molecule has 5 rings (SSSR count). The molecule has 0 atom stereocenters. The number of hydrogen-bond donors (Lipinski definition) is 1. The van der Waals surface area contributed by atoms with Crippen LogP contribution in [-0.2, 0) is 4.74 Å². The number of benzene rings is 3. The minimum atomic E-state index is 0.188. The molecule has 1 aromatic heterocycles. The van der Waals surface area contributed by atoms with Gasteiger partial charge in [-0.15, -0.1) is 0 Å². The Balaban J connectivity index is 1.46. The molecule has 0 bridgehead atoms. The molecule has 0 spiro atoms. The molecule has 39 heavy (non-hydrogen) atoms. The monoisotopic (exact) mass is 521 g/mol. The first-order chi connectivity index (χ1) is 19.2. The number of aromatic nitrogens is 1. The maximum Gasteiger partial charge on any atom is 0.289 e. The molecule has 1 N–H and O–H groups in total. The lowest BCUT2D eigenvalue weighted by atomic mass is 10.1. The van der Waals surface area contributed by atoms with Crippen molar-refractivity contribution in [3.63, 3.8) is 0 Å². The number of hydrogen-bond acceptors (Lipinski definition) is 6. The fourth-order valence-corrected chi connectivity index (χ4v) is 4.76. The summed E-state index contributed by atoms with van der Waals surface area (Å²) in [6.07, 6.45) is 0. The number of anilines is 2. The van der Waals surface area contributed by atoms with Crippen molar-refractivity contribution in [1.29, 1.82) is 5.26 Å². The number of para-hydroxylation sites is 1. The van der Waals surface area contributed by atoms with E-state index < -0.39 is 0 Å². The molecule has 0 saturated heterocycles. The van der Waals surface area contributed by atoms with Crippen molar-refractivity contribution in [1.82, 2.24) is 4.98 Å². The summed E-state index contributed by atoms with van der Waals surface area (Å²) in [5.41, 5.74) is 5.84. The second-order valence-electron chi connectivity index (χ2n) is 9.38. The van der Waals surface area contributed by atoms with Crippen molar-refractivity contribution in [2.24, 2.45) is 0 Å². The predicted octanol–water partition coefficient (Wildman–Crippen LogP) is 5.64. The third-order valence-corrected chi connectivity index (χ3v) is 6.71. The number of nitrogens with one attached hydrogen (secondary N) is 1. The van der Waals surface area contributed by atoms with Crippen LogP contribution in [0.25, 0.3) is 27.0 Å². The highest BCUT2D eigenvalue weighted by Crippen LogP contribution is 2.35. The van der Waals surface area contributed by atoms with Crippen LogP contribution in [0.15, 0.2) is 66.7 Å². The zero-order chi connectivity index (χ0) is 27.0. The first-order valence-corrected chi connectivity index (χ1v) is 13.0. The van der Waals surface area contributed by atoms with E-state index in [1.807, 2.05) is 65.3 Å². The molecule has 0 saturated carbocycles. The molecule has 8 nitrogen and oxygen atoms in total. The van der Waals surface area contributed by atoms with Gasteiger partial charge in [-0.3, -0.25) is 9.74 Å². The lowest BCUT2D eigenvalue weighted by Gasteiger charge is -2.24. The van der Waals surface area contributed by atoms with Crippen LogP contribution in [0.3, 0.4) is 0 Å². The van der Waals surface area contributed by atoms with Gasteiger partial charge in [-0.2, -0.15) is 5.26 Å². The van der Waals surface area contributed by atoms with Crippen molar-refractivity contribution >= 4 is 22.3 Å². The van der Waals surface area contributed by atoms with Crippen LogP contribution >= 0.6 is 0 Å². The number of ether oxygens (including phenoxy) is 3. The van der Waals surface area contributed by atoms with E-state index in [2.05, 4.69) is 34.1 Å². The van der Waals surface area contributed by atoms with Crippen LogP contribution in [0.5, 0.6) is 11.5 Å². The summed E-state index contributed by atoms with van der Waals surface area (Å²) >= 11 is 0. The minimum absolute atomic E-state index is 0.188. The van der Waals surface area contributed by atoms with Crippen LogP contribution in [0.2, 0.25) is 0 Å². The highest BCUT2D eigenvalue weighted by Gasteiger charge is 2.18. The normalized spacial score (nSPS) is 14.5. The molecule has 0 radical (unpaired) electrons. The van der Waals surface area contributed by atoms with Crippen molar-refractivity contribution in [3.8, 4) is 28.8 Å². The fourth-order valence-electron chi connectivity index (χ4n) is 4.76. The number of rotatable bonds is 3. The fraction of sp³-hybridized carbons (Fsp3) is 0.290. The molecule has 198 valence electrons. The third kappa shape index (κ3) is 6.09. The maximum atomic E-state index is 9.42. The van der Waals surface area contributed by atoms with Crippen LogP contribution < -0.4 is 19.3 Å². The number of aryl methyl sites for hydroxylation is 1. The zero-order valence-corrected chi connectivity index (χ0v) is 22.0. The van der Waals surface area contributed by atoms with Crippen LogP contribution in [0.4, 0.5) is 11.4 Å². The van der Waals surface area contributed by atoms with Gasteiger partial charge in [-0.1, -0.05) is 30.3 Å². The van der Waals surface area contributed by atoms with E-state index in [-0.39, 0.29) is 13.2 Å². The molecule has 8 heteroatoms. The molecule has 3 aromatic carbocycles. The van der Waals surface area contributed by atoms with E-state index in [0.717, 1.165) is 39.1 Å². The lowest BCUT2D eigenvalue weighted by molar-refractivity contribution is 0.146. The van der Waals surface area contributed by atoms with Crippen LogP contribution in [0.1, 0.15) is 5.56 Å². The average Bonchev–Trinajstić information content (AvgIpc) is 3.38. The van der Waals surface area contributed by atoms with Gasteiger partial charge in [0.15, 0.2) is 0 Å². The van der Waals surface area contributed by atoms with Gasteiger partial charge in [0, 0.05) is 35.2 Å². The first-order valence-electron chi connectivity index (χ1n) is 13.0. The van der Waals surface area contributed by atoms with Gasteiger partial charge < -0.3 is 24.1 Å². The standard InChI is InChI=1S/C31H31N5O3/c1-23-7-9-28-30(19-23)38-17-18-39-31-21-25(27-20-24-5-3-4-6-26(24)34-27)8-10-29(31)36(22-33-2)14-16-37-15-13-35(28)12-11-32/h3-10,19-21,34H,12-18,22H2,1H3. The largest absolute Gasteiger partial charge is 0.488 e. The van der Waals surface area contributed by atoms with Crippen LogP contribution in [-0.4, -0.2) is 57.7 Å². The number of nitrogens with zero attached hydrogens (tertiary/aromatic N) is 4. The van der Waals surface area contributed by atoms with Crippen LogP contribution in [0, 0.1) is 24.8 Å². The highest BCUT2D eigenvalue weighted by molar-refractivity contribution is 5.86. The molecule has 1 aliphatic rings. The van der Waals surface area contributed by atoms with Gasteiger partial charge >= 0.3 is 0 Å². The van der Waals surface area contributed by atoms with Crippen molar-refractivity contribution in [2.75, 3.05) is 62.5 Å². The molecule has 0 unspecified atom stereocenters. The smallest absolute Gasteiger partial charge is 0.289 e. The first kappa shape index (κ1) is 26.0. The molecule has 2 heterocycles. The Morgan fingerprint density at radius 3 is 2.38 bits per heavy atom. The Kier molecular flexibility index (Phi) is 8.16. The van der Waals surface area contributed by atoms with Gasteiger partial charge in [-0.25, -0.2) is 6.57 Å². The summed E-state index contributed by atoms with van der Waals surface area (Å²) in [6, 6.07) is 24.6. The molecule has 0 fully saturated rings. The summed E-state index contributed by atoms with van der Waals surface area (Å²) in [5, 5.41) is 10.6. The van der Waals surface area contributed by atoms with Crippen molar-refractivity contribution < 1.29 is 14.2 Å². The second-order valence-corrected chi connectivity index (χ2v) is 9.38. The van der Waals surface area contributed by atoms with Crippen molar-refractivity contribution in [2.45, 2.75) is 6.92 Å². The van der Waals surface area contributed by atoms with E-state index in [0.29, 0.717) is 51.0 Å². The SMILES string of the molecule is [C-]#[N+]CN1CCOCCN(CC#N)c2ccc(C)cc2OCCOc2cc(-c3cc4ccccc4[nH]3)ccc21. The molecule has 0 amide bonds. The molecule has 0 aliphatic carbocycles. The zero-order valence-electron chi connectivity index (χ0n) is 22.0. The van der Waals surface area contributed by atoms with E-state index >= 15 is 0 Å². The van der Waals surface area contributed by atoms with E-state index in [9.17, 15) is 5.26 Å². The lowest BCUT2D eigenvalue weighted by Crippen LogP contribution is -2.31. The highest BCUT2D eigenvalue weighted by atomic mass is 16.5. The van der Waals surface area contributed by atoms with Crippen molar-refractivity contribution in [3.05, 3.63) is 83.7 Å². The van der Waals surface area contributed by atoms with Gasteiger partial charge in [0.05, 0.1) is 30.7 Å². The minimum Gasteiger partial charge on any atom is -0.488 e. The Labute approximate surface area is 228 Å².